The molecule has 0 saturated heterocycles. The second-order valence-corrected chi connectivity index (χ2v) is 7.68. The Bertz CT molecular complexity index is 858. The van der Waals surface area contributed by atoms with Gasteiger partial charge in [-0.2, -0.15) is 0 Å². The molecule has 2 N–H and O–H groups in total. The molecule has 0 aromatic heterocycles. The van der Waals surface area contributed by atoms with Gasteiger partial charge in [-0.3, -0.25) is 9.71 Å². The minimum Gasteiger partial charge on any atom is -0.301 e. The molecule has 2 aromatic rings. The Morgan fingerprint density at radius 2 is 1.79 bits per heavy atom. The van der Waals surface area contributed by atoms with Crippen molar-refractivity contribution in [3.63, 3.8) is 0 Å². The van der Waals surface area contributed by atoms with E-state index in [0.717, 1.165) is 5.56 Å². The molecule has 0 spiro atoms. The number of aryl methyl sites for hydroxylation is 2. The van der Waals surface area contributed by atoms with E-state index in [9.17, 15) is 8.42 Å². The van der Waals surface area contributed by atoms with E-state index in [1.165, 1.54) is 11.1 Å². The van der Waals surface area contributed by atoms with Crippen LogP contribution in [0, 0.1) is 13.8 Å². The molecule has 2 aromatic carbocycles. The number of benzene rings is 2. The number of aliphatic imine (C=N–C) groups is 1. The van der Waals surface area contributed by atoms with Crippen molar-refractivity contribution in [2.75, 3.05) is 13.1 Å². The number of nitrogens with zero attached hydrogens (tertiary/aromatic N) is 1. The summed E-state index contributed by atoms with van der Waals surface area (Å²) in [4.78, 5) is 4.67. The highest BCUT2D eigenvalue weighted by atomic mass is 32.2. The van der Waals surface area contributed by atoms with Gasteiger partial charge in [0.1, 0.15) is 5.84 Å². The first kappa shape index (κ1) is 16.7. The van der Waals surface area contributed by atoms with Crippen LogP contribution in [0.3, 0.4) is 0 Å². The zero-order chi connectivity index (χ0) is 17.2. The van der Waals surface area contributed by atoms with Crippen LogP contribution in [0.25, 0.3) is 0 Å². The highest BCUT2D eigenvalue weighted by Gasteiger charge is 2.21. The SMILES string of the molecule is Cc1ccc(S(=O)(=O)NC2=NCC(c3ccccc3C)NC2)cc1. The molecule has 1 unspecified atom stereocenters. The van der Waals surface area contributed by atoms with E-state index in [4.69, 9.17) is 0 Å². The number of amidine groups is 1. The molecule has 24 heavy (non-hydrogen) atoms. The molecule has 0 bridgehead atoms. The van der Waals surface area contributed by atoms with Gasteiger partial charge >= 0.3 is 0 Å². The standard InChI is InChI=1S/C18H21N3O2S/c1-13-7-9-15(10-8-13)24(22,23)21-18-12-19-17(11-20-18)16-6-4-3-5-14(16)2/h3-10,17,19H,11-12H2,1-2H3,(H,20,21). The summed E-state index contributed by atoms with van der Waals surface area (Å²) in [5.74, 6) is 0.445. The molecular weight excluding hydrogens is 322 g/mol. The lowest BCUT2D eigenvalue weighted by Gasteiger charge is -2.25. The Hall–Kier alpha value is -2.18. The smallest absolute Gasteiger partial charge is 0.262 e. The van der Waals surface area contributed by atoms with E-state index in [1.54, 1.807) is 24.3 Å². The predicted octanol–water partition coefficient (Wildman–Crippen LogP) is 2.32. The second kappa shape index (κ2) is 6.75. The lowest BCUT2D eigenvalue weighted by Crippen LogP contribution is -2.43. The molecule has 0 saturated carbocycles. The number of nitrogens with one attached hydrogen (secondary N) is 2. The van der Waals surface area contributed by atoms with Crippen molar-refractivity contribution in [3.8, 4) is 0 Å². The molecule has 3 rings (SSSR count). The number of hydrogen-bond donors (Lipinski definition) is 2. The minimum absolute atomic E-state index is 0.110. The summed E-state index contributed by atoms with van der Waals surface area (Å²) in [6, 6.07) is 15.0. The first-order chi connectivity index (χ1) is 11.5. The van der Waals surface area contributed by atoms with Crippen molar-refractivity contribution in [2.24, 2.45) is 4.99 Å². The molecule has 5 nitrogen and oxygen atoms in total. The van der Waals surface area contributed by atoms with Crippen LogP contribution < -0.4 is 10.0 Å². The van der Waals surface area contributed by atoms with Crippen LogP contribution in [0.1, 0.15) is 22.7 Å². The van der Waals surface area contributed by atoms with E-state index in [2.05, 4.69) is 34.1 Å². The van der Waals surface area contributed by atoms with Gasteiger partial charge in [0.05, 0.1) is 24.0 Å². The fourth-order valence-electron chi connectivity index (χ4n) is 2.73. The van der Waals surface area contributed by atoms with Gasteiger partial charge < -0.3 is 5.32 Å². The maximum absolute atomic E-state index is 12.4. The molecule has 126 valence electrons. The van der Waals surface area contributed by atoms with E-state index in [1.807, 2.05) is 19.1 Å². The van der Waals surface area contributed by atoms with Crippen LogP contribution in [0.4, 0.5) is 0 Å². The largest absolute Gasteiger partial charge is 0.301 e. The fraction of sp³-hybridized carbons (Fsp3) is 0.278. The van der Waals surface area contributed by atoms with Crippen molar-refractivity contribution in [2.45, 2.75) is 24.8 Å². The highest BCUT2D eigenvalue weighted by Crippen LogP contribution is 2.19. The summed E-state index contributed by atoms with van der Waals surface area (Å²) >= 11 is 0. The summed E-state index contributed by atoms with van der Waals surface area (Å²) in [6.07, 6.45) is 0. The number of sulfonamides is 1. The summed E-state index contributed by atoms with van der Waals surface area (Å²) in [5, 5.41) is 3.35. The first-order valence-electron chi connectivity index (χ1n) is 7.87. The average Bonchev–Trinajstić information content (AvgIpc) is 2.56. The third-order valence-electron chi connectivity index (χ3n) is 4.13. The molecule has 6 heteroatoms. The van der Waals surface area contributed by atoms with Crippen molar-refractivity contribution in [1.82, 2.24) is 10.0 Å². The fourth-order valence-corrected chi connectivity index (χ4v) is 3.79. The molecule has 1 heterocycles. The Labute approximate surface area is 142 Å². The van der Waals surface area contributed by atoms with Crippen molar-refractivity contribution in [1.29, 1.82) is 0 Å². The molecule has 0 radical (unpaired) electrons. The highest BCUT2D eigenvalue weighted by molar-refractivity contribution is 7.90. The van der Waals surface area contributed by atoms with Crippen LogP contribution in [-0.4, -0.2) is 27.3 Å². The predicted molar refractivity (Wildman–Crippen MR) is 95.7 cm³/mol. The Morgan fingerprint density at radius 1 is 1.08 bits per heavy atom. The zero-order valence-electron chi connectivity index (χ0n) is 13.8. The topological polar surface area (TPSA) is 70.6 Å². The quantitative estimate of drug-likeness (QED) is 0.898. The van der Waals surface area contributed by atoms with E-state index in [0.29, 0.717) is 18.9 Å². The number of hydrogen-bond acceptors (Lipinski definition) is 4. The zero-order valence-corrected chi connectivity index (χ0v) is 14.6. The Balaban J connectivity index is 1.71. The van der Waals surface area contributed by atoms with Crippen molar-refractivity contribution < 1.29 is 8.42 Å². The summed E-state index contributed by atoms with van der Waals surface area (Å²) < 4.78 is 27.4. The van der Waals surface area contributed by atoms with E-state index >= 15 is 0 Å². The summed E-state index contributed by atoms with van der Waals surface area (Å²) in [5.41, 5.74) is 3.42. The van der Waals surface area contributed by atoms with Gasteiger partial charge in [-0.15, -0.1) is 0 Å². The maximum atomic E-state index is 12.4. The summed E-state index contributed by atoms with van der Waals surface area (Å²) in [7, 11) is -3.59. The van der Waals surface area contributed by atoms with Gasteiger partial charge in [0, 0.05) is 0 Å². The average molecular weight is 343 g/mol. The van der Waals surface area contributed by atoms with Crippen LogP contribution in [-0.2, 0) is 10.0 Å². The molecule has 1 aliphatic heterocycles. The molecule has 1 aliphatic rings. The van der Waals surface area contributed by atoms with E-state index < -0.39 is 10.0 Å². The molecular formula is C18H21N3O2S. The molecule has 0 aliphatic carbocycles. The normalized spacial score (nSPS) is 18.1. The molecule has 0 fully saturated rings. The summed E-state index contributed by atoms with van der Waals surface area (Å²) in [6.45, 7) is 4.89. The van der Waals surface area contributed by atoms with Gasteiger partial charge in [0.2, 0.25) is 0 Å². The van der Waals surface area contributed by atoms with Gasteiger partial charge in [-0.25, -0.2) is 8.42 Å². The lowest BCUT2D eigenvalue weighted by molar-refractivity contribution is 0.554. The Morgan fingerprint density at radius 3 is 2.42 bits per heavy atom. The van der Waals surface area contributed by atoms with Crippen LogP contribution in [0.2, 0.25) is 0 Å². The third kappa shape index (κ3) is 3.66. The third-order valence-corrected chi connectivity index (χ3v) is 5.53. The van der Waals surface area contributed by atoms with Gasteiger partial charge in [-0.05, 0) is 37.1 Å². The van der Waals surface area contributed by atoms with Crippen molar-refractivity contribution >= 4 is 15.9 Å². The number of rotatable bonds is 3. The van der Waals surface area contributed by atoms with Crippen LogP contribution >= 0.6 is 0 Å². The first-order valence-corrected chi connectivity index (χ1v) is 9.36. The van der Waals surface area contributed by atoms with Gasteiger partial charge in [-0.1, -0.05) is 42.0 Å². The lowest BCUT2D eigenvalue weighted by atomic mass is 10.0. The van der Waals surface area contributed by atoms with Crippen LogP contribution in [0.5, 0.6) is 0 Å². The van der Waals surface area contributed by atoms with Crippen molar-refractivity contribution in [3.05, 3.63) is 65.2 Å². The van der Waals surface area contributed by atoms with E-state index in [-0.39, 0.29) is 10.9 Å². The molecule has 1 atom stereocenters. The van der Waals surface area contributed by atoms with Gasteiger partial charge in [0.25, 0.3) is 10.0 Å². The maximum Gasteiger partial charge on any atom is 0.262 e. The monoisotopic (exact) mass is 343 g/mol. The van der Waals surface area contributed by atoms with Gasteiger partial charge in [0.15, 0.2) is 0 Å². The second-order valence-electron chi connectivity index (χ2n) is 6.00. The molecule has 0 amide bonds. The Kier molecular flexibility index (Phi) is 4.69. The van der Waals surface area contributed by atoms with Crippen LogP contribution in [0.15, 0.2) is 58.4 Å². The minimum atomic E-state index is -3.59.